The Kier molecular flexibility index (Phi) is 6.50. The van der Waals surface area contributed by atoms with Crippen LogP contribution < -0.4 is 0 Å². The molecule has 0 spiro atoms. The van der Waals surface area contributed by atoms with E-state index in [1.807, 2.05) is 27.7 Å². The number of nitrogens with zero attached hydrogens (tertiary/aromatic N) is 4. The largest absolute Gasteiger partial charge is 0.336 e. The highest BCUT2D eigenvalue weighted by Gasteiger charge is 2.32. The molecule has 1 aromatic rings. The van der Waals surface area contributed by atoms with Crippen LogP contribution in [-0.4, -0.2) is 58.5 Å². The molecule has 1 aliphatic rings. The van der Waals surface area contributed by atoms with Crippen molar-refractivity contribution in [3.05, 3.63) is 11.4 Å². The average molecular weight is 385 g/mol. The molecule has 0 N–H and O–H groups in total. The molecule has 7 nitrogen and oxygen atoms in total. The number of carbonyl (C=O) groups excluding carboxylic acids is 1. The van der Waals surface area contributed by atoms with Crippen LogP contribution in [0.5, 0.6) is 0 Å². The molecule has 0 saturated carbocycles. The zero-order chi connectivity index (χ0) is 19.6. The topological polar surface area (TPSA) is 75.5 Å². The van der Waals surface area contributed by atoms with Crippen LogP contribution in [0.25, 0.3) is 0 Å². The van der Waals surface area contributed by atoms with E-state index >= 15 is 0 Å². The van der Waals surface area contributed by atoms with Crippen molar-refractivity contribution in [2.45, 2.75) is 84.3 Å². The summed E-state index contributed by atoms with van der Waals surface area (Å²) in [5.41, 5.74) is 0.996. The van der Waals surface area contributed by atoms with E-state index < -0.39 is 10.0 Å². The van der Waals surface area contributed by atoms with E-state index in [1.165, 1.54) is 4.68 Å². The van der Waals surface area contributed by atoms with E-state index in [-0.39, 0.29) is 29.4 Å². The molecule has 1 aliphatic heterocycles. The predicted molar refractivity (Wildman–Crippen MR) is 101 cm³/mol. The minimum atomic E-state index is -3.57. The molecule has 1 saturated heterocycles. The lowest BCUT2D eigenvalue weighted by Crippen LogP contribution is -2.44. The lowest BCUT2D eigenvalue weighted by Gasteiger charge is -2.31. The number of aromatic nitrogens is 2. The fraction of sp³-hybridized carbons (Fsp3) is 0.778. The van der Waals surface area contributed by atoms with Gasteiger partial charge in [0.25, 0.3) is 0 Å². The number of carbonyl (C=O) groups is 1. The maximum Gasteiger partial charge on any atom is 0.246 e. The van der Waals surface area contributed by atoms with E-state index in [0.29, 0.717) is 24.5 Å². The summed E-state index contributed by atoms with van der Waals surface area (Å²) in [6, 6.07) is 0.159. The summed E-state index contributed by atoms with van der Waals surface area (Å²) in [4.78, 5) is 14.8. The Bertz CT molecular complexity index is 739. The molecular weight excluding hydrogens is 352 g/mol. The van der Waals surface area contributed by atoms with Crippen molar-refractivity contribution >= 4 is 15.9 Å². The van der Waals surface area contributed by atoms with Crippen LogP contribution in [0.2, 0.25) is 0 Å². The lowest BCUT2D eigenvalue weighted by molar-refractivity contribution is -0.135. The second-order valence-electron chi connectivity index (χ2n) is 7.61. The van der Waals surface area contributed by atoms with Gasteiger partial charge in [0, 0.05) is 25.2 Å². The van der Waals surface area contributed by atoms with Gasteiger partial charge in [0.2, 0.25) is 15.9 Å². The second-order valence-corrected chi connectivity index (χ2v) is 9.49. The Morgan fingerprint density at radius 1 is 1.08 bits per heavy atom. The molecule has 26 heavy (non-hydrogen) atoms. The molecule has 0 aromatic carbocycles. The summed E-state index contributed by atoms with van der Waals surface area (Å²) < 4.78 is 29.2. The van der Waals surface area contributed by atoms with Crippen molar-refractivity contribution in [2.24, 2.45) is 0 Å². The number of hydrogen-bond acceptors (Lipinski definition) is 4. The normalized spacial score (nSPS) is 16.5. The predicted octanol–water partition coefficient (Wildman–Crippen LogP) is 2.32. The highest BCUT2D eigenvalue weighted by atomic mass is 32.2. The molecule has 148 valence electrons. The zero-order valence-corrected chi connectivity index (χ0v) is 17.6. The van der Waals surface area contributed by atoms with E-state index in [0.717, 1.165) is 19.3 Å². The summed E-state index contributed by atoms with van der Waals surface area (Å²) in [6.45, 7) is 12.5. The average Bonchev–Trinajstić information content (AvgIpc) is 2.81. The van der Waals surface area contributed by atoms with Gasteiger partial charge in [-0.2, -0.15) is 9.40 Å². The molecule has 0 aliphatic carbocycles. The first-order valence-electron chi connectivity index (χ1n) is 9.42. The first-order chi connectivity index (χ1) is 12.1. The Morgan fingerprint density at radius 2 is 1.62 bits per heavy atom. The molecule has 2 rings (SSSR count). The number of piperidine rings is 1. The summed E-state index contributed by atoms with van der Waals surface area (Å²) in [5.74, 6) is -0.0532. The van der Waals surface area contributed by atoms with Crippen molar-refractivity contribution in [1.29, 1.82) is 0 Å². The number of rotatable bonds is 6. The van der Waals surface area contributed by atoms with Crippen molar-refractivity contribution in [1.82, 2.24) is 19.0 Å². The summed E-state index contributed by atoms with van der Waals surface area (Å²) in [6.07, 6.45) is 2.85. The smallest absolute Gasteiger partial charge is 0.246 e. The summed E-state index contributed by atoms with van der Waals surface area (Å²) in [5, 5.41) is 4.38. The number of hydrogen-bond donors (Lipinski definition) is 0. The number of aryl methyl sites for hydroxylation is 1. The molecule has 2 heterocycles. The molecule has 0 bridgehead atoms. The van der Waals surface area contributed by atoms with Crippen LogP contribution >= 0.6 is 0 Å². The van der Waals surface area contributed by atoms with Crippen LogP contribution in [0, 0.1) is 13.8 Å². The van der Waals surface area contributed by atoms with Gasteiger partial charge in [-0.1, -0.05) is 6.42 Å². The fourth-order valence-electron chi connectivity index (χ4n) is 3.82. The van der Waals surface area contributed by atoms with Gasteiger partial charge in [-0.3, -0.25) is 9.48 Å². The van der Waals surface area contributed by atoms with E-state index in [9.17, 15) is 13.2 Å². The minimum absolute atomic E-state index is 0.0532. The van der Waals surface area contributed by atoms with Gasteiger partial charge in [0.1, 0.15) is 11.4 Å². The van der Waals surface area contributed by atoms with Gasteiger partial charge in [-0.25, -0.2) is 8.42 Å². The standard InChI is InChI=1S/C18H32N4O3S/c1-13(2)22(14(3)4)17(23)12-21-16(6)18(15(5)19-21)26(24,25)20-10-8-7-9-11-20/h13-14H,7-12H2,1-6H3. The van der Waals surface area contributed by atoms with Crippen molar-refractivity contribution < 1.29 is 13.2 Å². The summed E-state index contributed by atoms with van der Waals surface area (Å²) in [7, 11) is -3.57. The van der Waals surface area contributed by atoms with Gasteiger partial charge >= 0.3 is 0 Å². The van der Waals surface area contributed by atoms with Crippen LogP contribution in [0.15, 0.2) is 4.90 Å². The SMILES string of the molecule is Cc1nn(CC(=O)N(C(C)C)C(C)C)c(C)c1S(=O)(=O)N1CCCCC1. The van der Waals surface area contributed by atoms with Crippen LogP contribution in [0.3, 0.4) is 0 Å². The van der Waals surface area contributed by atoms with Crippen LogP contribution in [0.1, 0.15) is 58.3 Å². The van der Waals surface area contributed by atoms with Crippen molar-refractivity contribution in [3.63, 3.8) is 0 Å². The molecule has 0 radical (unpaired) electrons. The molecule has 1 aromatic heterocycles. The lowest BCUT2D eigenvalue weighted by atomic mass is 10.2. The summed E-state index contributed by atoms with van der Waals surface area (Å²) >= 11 is 0. The molecule has 8 heteroatoms. The highest BCUT2D eigenvalue weighted by molar-refractivity contribution is 7.89. The molecule has 0 unspecified atom stereocenters. The first kappa shape index (κ1) is 20.9. The molecular formula is C18H32N4O3S. The third kappa shape index (κ3) is 4.11. The van der Waals surface area contributed by atoms with E-state index in [2.05, 4.69) is 5.10 Å². The van der Waals surface area contributed by atoms with Crippen molar-refractivity contribution in [2.75, 3.05) is 13.1 Å². The maximum absolute atomic E-state index is 13.1. The molecule has 1 fully saturated rings. The Labute approximate surface area is 157 Å². The first-order valence-corrected chi connectivity index (χ1v) is 10.9. The number of amides is 1. The monoisotopic (exact) mass is 384 g/mol. The van der Waals surface area contributed by atoms with Gasteiger partial charge in [-0.15, -0.1) is 0 Å². The van der Waals surface area contributed by atoms with E-state index in [1.54, 1.807) is 23.1 Å². The molecule has 0 atom stereocenters. The molecule has 1 amide bonds. The quantitative estimate of drug-likeness (QED) is 0.754. The third-order valence-corrected chi connectivity index (χ3v) is 7.07. The van der Waals surface area contributed by atoms with Gasteiger partial charge in [0.15, 0.2) is 0 Å². The Hall–Kier alpha value is -1.41. The van der Waals surface area contributed by atoms with Gasteiger partial charge < -0.3 is 4.90 Å². The van der Waals surface area contributed by atoms with Crippen molar-refractivity contribution in [3.8, 4) is 0 Å². The maximum atomic E-state index is 13.1. The zero-order valence-electron chi connectivity index (χ0n) is 16.8. The minimum Gasteiger partial charge on any atom is -0.336 e. The fourth-order valence-corrected chi connectivity index (χ4v) is 5.71. The second kappa shape index (κ2) is 8.08. The Morgan fingerprint density at radius 3 is 2.12 bits per heavy atom. The Balaban J connectivity index is 2.31. The van der Waals surface area contributed by atoms with Gasteiger partial charge in [0.05, 0.1) is 11.4 Å². The van der Waals surface area contributed by atoms with Crippen LogP contribution in [-0.2, 0) is 21.4 Å². The highest BCUT2D eigenvalue weighted by Crippen LogP contribution is 2.26. The van der Waals surface area contributed by atoms with Crippen LogP contribution in [0.4, 0.5) is 0 Å². The van der Waals surface area contributed by atoms with E-state index in [4.69, 9.17) is 0 Å². The van der Waals surface area contributed by atoms with Gasteiger partial charge in [-0.05, 0) is 54.4 Å². The third-order valence-electron chi connectivity index (χ3n) is 4.91. The number of sulfonamides is 1.